The van der Waals surface area contributed by atoms with Crippen LogP contribution in [0.4, 0.5) is 0 Å². The largest absolute Gasteiger partial charge is 0.488 e. The van der Waals surface area contributed by atoms with E-state index in [4.69, 9.17) is 9.47 Å². The maximum Gasteiger partial charge on any atom is 0.161 e. The molecule has 8 heteroatoms. The van der Waals surface area contributed by atoms with Crippen LogP contribution in [0.5, 0.6) is 11.5 Å². The number of para-hydroxylation sites is 2. The van der Waals surface area contributed by atoms with Crippen molar-refractivity contribution < 1.29 is 9.47 Å². The average Bonchev–Trinajstić information content (AvgIpc) is 3.56. The Morgan fingerprint density at radius 1 is 0.529 bits per heavy atom. The van der Waals surface area contributed by atoms with Crippen LogP contribution in [0.2, 0.25) is 0 Å². The summed E-state index contributed by atoms with van der Waals surface area (Å²) in [5, 5.41) is 16.9. The molecule has 0 fully saturated rings. The van der Waals surface area contributed by atoms with Crippen LogP contribution < -0.4 is 9.47 Å². The number of nitrogens with zero attached hydrogens (tertiary/aromatic N) is 6. The highest BCUT2D eigenvalue weighted by atomic mass is 16.5. The predicted molar refractivity (Wildman–Crippen MR) is 128 cm³/mol. The van der Waals surface area contributed by atoms with Gasteiger partial charge in [-0.1, -0.05) is 83.2 Å². The van der Waals surface area contributed by atoms with Gasteiger partial charge in [0.2, 0.25) is 0 Å². The summed E-state index contributed by atoms with van der Waals surface area (Å²) in [4.78, 5) is 0. The zero-order chi connectivity index (χ0) is 23.0. The number of hydrogen-bond donors (Lipinski definition) is 0. The zero-order valence-electron chi connectivity index (χ0n) is 18.6. The van der Waals surface area contributed by atoms with Gasteiger partial charge in [-0.3, -0.25) is 0 Å². The quantitative estimate of drug-likeness (QED) is 0.313. The SMILES string of the molecule is c1ccc(-c2cn(CCOc3ccccc3OCCn3cc(-c4ccccc4)nn3)nn2)cc1. The molecule has 2 aromatic heterocycles. The Balaban J connectivity index is 1.12. The van der Waals surface area contributed by atoms with Crippen LogP contribution in [-0.4, -0.2) is 43.2 Å². The van der Waals surface area contributed by atoms with Gasteiger partial charge in [0.25, 0.3) is 0 Å². The van der Waals surface area contributed by atoms with Crippen LogP contribution in [-0.2, 0) is 13.1 Å². The fourth-order valence-corrected chi connectivity index (χ4v) is 3.48. The van der Waals surface area contributed by atoms with Crippen molar-refractivity contribution in [1.29, 1.82) is 0 Å². The molecule has 34 heavy (non-hydrogen) atoms. The minimum atomic E-state index is 0.446. The Kier molecular flexibility index (Phi) is 6.57. The van der Waals surface area contributed by atoms with Crippen LogP contribution in [0, 0.1) is 0 Å². The summed E-state index contributed by atoms with van der Waals surface area (Å²) in [6, 6.07) is 27.6. The van der Waals surface area contributed by atoms with Gasteiger partial charge in [0.05, 0.1) is 25.5 Å². The highest BCUT2D eigenvalue weighted by Gasteiger charge is 2.08. The lowest BCUT2D eigenvalue weighted by Gasteiger charge is -2.12. The van der Waals surface area contributed by atoms with Crippen molar-refractivity contribution in [3.8, 4) is 34.0 Å². The minimum Gasteiger partial charge on any atom is -0.488 e. The Labute approximate surface area is 197 Å². The van der Waals surface area contributed by atoms with Gasteiger partial charge in [-0.25, -0.2) is 9.36 Å². The van der Waals surface area contributed by atoms with Gasteiger partial charge in [-0.05, 0) is 12.1 Å². The molecule has 0 saturated heterocycles. The van der Waals surface area contributed by atoms with E-state index in [1.165, 1.54) is 0 Å². The van der Waals surface area contributed by atoms with Gasteiger partial charge in [0, 0.05) is 11.1 Å². The minimum absolute atomic E-state index is 0.446. The Bertz CT molecular complexity index is 1210. The van der Waals surface area contributed by atoms with Gasteiger partial charge in [-0.15, -0.1) is 10.2 Å². The summed E-state index contributed by atoms with van der Waals surface area (Å²) < 4.78 is 15.5. The van der Waals surface area contributed by atoms with E-state index >= 15 is 0 Å². The van der Waals surface area contributed by atoms with Crippen molar-refractivity contribution in [2.24, 2.45) is 0 Å². The van der Waals surface area contributed by atoms with Gasteiger partial charge in [0.15, 0.2) is 11.5 Å². The maximum atomic E-state index is 5.97. The first-order valence-electron chi connectivity index (χ1n) is 11.1. The summed E-state index contributed by atoms with van der Waals surface area (Å²) in [5.41, 5.74) is 3.76. The number of benzene rings is 3. The molecule has 3 aromatic carbocycles. The van der Waals surface area contributed by atoms with Crippen molar-refractivity contribution in [3.05, 3.63) is 97.3 Å². The van der Waals surface area contributed by atoms with Gasteiger partial charge in [0.1, 0.15) is 24.6 Å². The van der Waals surface area contributed by atoms with Gasteiger partial charge < -0.3 is 9.47 Å². The van der Waals surface area contributed by atoms with Crippen molar-refractivity contribution in [2.45, 2.75) is 13.1 Å². The number of hydrogen-bond acceptors (Lipinski definition) is 6. The number of ether oxygens (including phenoxy) is 2. The van der Waals surface area contributed by atoms with E-state index in [0.29, 0.717) is 37.8 Å². The van der Waals surface area contributed by atoms with E-state index < -0.39 is 0 Å². The average molecular weight is 453 g/mol. The summed E-state index contributed by atoms with van der Waals surface area (Å²) in [6.07, 6.45) is 3.84. The second kappa shape index (κ2) is 10.4. The monoisotopic (exact) mass is 452 g/mol. The first kappa shape index (κ1) is 21.4. The molecule has 0 radical (unpaired) electrons. The summed E-state index contributed by atoms with van der Waals surface area (Å²) in [6.45, 7) is 2.05. The van der Waals surface area contributed by atoms with Crippen LogP contribution in [0.15, 0.2) is 97.3 Å². The molecule has 8 nitrogen and oxygen atoms in total. The lowest BCUT2D eigenvalue weighted by atomic mass is 10.2. The Morgan fingerprint density at radius 3 is 1.38 bits per heavy atom. The van der Waals surface area contributed by atoms with Crippen LogP contribution >= 0.6 is 0 Å². The van der Waals surface area contributed by atoms with Crippen LogP contribution in [0.25, 0.3) is 22.5 Å². The van der Waals surface area contributed by atoms with Crippen molar-refractivity contribution in [3.63, 3.8) is 0 Å². The molecule has 0 amide bonds. The second-order valence-electron chi connectivity index (χ2n) is 7.61. The molecule has 0 N–H and O–H groups in total. The third-order valence-electron chi connectivity index (χ3n) is 5.22. The molecule has 0 atom stereocenters. The first-order chi connectivity index (χ1) is 16.8. The van der Waals surface area contributed by atoms with E-state index in [-0.39, 0.29) is 0 Å². The molecule has 2 heterocycles. The topological polar surface area (TPSA) is 79.9 Å². The highest BCUT2D eigenvalue weighted by Crippen LogP contribution is 2.26. The van der Waals surface area contributed by atoms with E-state index in [1.54, 1.807) is 9.36 Å². The van der Waals surface area contributed by atoms with E-state index in [1.807, 2.05) is 97.3 Å². The third kappa shape index (κ3) is 5.29. The molecule has 5 rings (SSSR count). The van der Waals surface area contributed by atoms with Crippen molar-refractivity contribution in [1.82, 2.24) is 30.0 Å². The normalized spacial score (nSPS) is 10.8. The lowest BCUT2D eigenvalue weighted by Crippen LogP contribution is -2.11. The molecule has 0 spiro atoms. The maximum absolute atomic E-state index is 5.97. The summed E-state index contributed by atoms with van der Waals surface area (Å²) in [7, 11) is 0. The van der Waals surface area contributed by atoms with Gasteiger partial charge in [-0.2, -0.15) is 0 Å². The first-order valence-corrected chi connectivity index (χ1v) is 11.1. The molecule has 0 aliphatic carbocycles. The molecule has 5 aromatic rings. The highest BCUT2D eigenvalue weighted by molar-refractivity contribution is 5.57. The second-order valence-corrected chi connectivity index (χ2v) is 7.61. The Hall–Kier alpha value is -4.46. The Morgan fingerprint density at radius 2 is 0.941 bits per heavy atom. The predicted octanol–water partition coefficient (Wildman–Crippen LogP) is 4.36. The molecule has 0 unspecified atom stereocenters. The zero-order valence-corrected chi connectivity index (χ0v) is 18.6. The van der Waals surface area contributed by atoms with Crippen LogP contribution in [0.1, 0.15) is 0 Å². The van der Waals surface area contributed by atoms with Gasteiger partial charge >= 0.3 is 0 Å². The van der Waals surface area contributed by atoms with Crippen molar-refractivity contribution in [2.75, 3.05) is 13.2 Å². The molecule has 170 valence electrons. The third-order valence-corrected chi connectivity index (χ3v) is 5.22. The smallest absolute Gasteiger partial charge is 0.161 e. The summed E-state index contributed by atoms with van der Waals surface area (Å²) in [5.74, 6) is 1.38. The molecule has 0 saturated carbocycles. The molecular formula is C26H24N6O2. The fourth-order valence-electron chi connectivity index (χ4n) is 3.48. The van der Waals surface area contributed by atoms with E-state index in [0.717, 1.165) is 22.5 Å². The lowest BCUT2D eigenvalue weighted by molar-refractivity contribution is 0.246. The van der Waals surface area contributed by atoms with E-state index in [2.05, 4.69) is 20.6 Å². The van der Waals surface area contributed by atoms with E-state index in [9.17, 15) is 0 Å². The standard InChI is InChI=1S/C26H24N6O2/c1-3-9-21(10-4-1)23-19-31(29-27-23)15-17-33-25-13-7-8-14-26(25)34-18-16-32-20-24(28-30-32)22-11-5-2-6-12-22/h1-14,19-20H,15-18H2. The molecule has 0 aliphatic rings. The fraction of sp³-hybridized carbons (Fsp3) is 0.154. The summed E-state index contributed by atoms with van der Waals surface area (Å²) >= 11 is 0. The van der Waals surface area contributed by atoms with Crippen LogP contribution in [0.3, 0.4) is 0 Å². The van der Waals surface area contributed by atoms with Crippen molar-refractivity contribution >= 4 is 0 Å². The number of rotatable bonds is 10. The molecule has 0 bridgehead atoms. The number of aromatic nitrogens is 6. The molecular weight excluding hydrogens is 428 g/mol. The molecule has 0 aliphatic heterocycles.